The van der Waals surface area contributed by atoms with Gasteiger partial charge in [0.2, 0.25) is 37.7 Å². The molecule has 26 nitrogen and oxygen atoms in total. The van der Waals surface area contributed by atoms with Crippen molar-refractivity contribution in [2.24, 2.45) is 14.1 Å². The quantitative estimate of drug-likeness (QED) is 0.0921. The lowest BCUT2D eigenvalue weighted by atomic mass is 10.00. The molecule has 0 unspecified atom stereocenters. The average Bonchev–Trinajstić information content (AvgIpc) is 1.61. The zero-order chi connectivity index (χ0) is 91.2. The molecule has 13 heterocycles. The Morgan fingerprint density at radius 1 is 0.447 bits per heavy atom. The molecule has 0 spiro atoms. The Balaban J connectivity index is 0.000000107. The van der Waals surface area contributed by atoms with Crippen LogP contribution in [-0.2, 0) is 106 Å². The molecule has 0 N–H and O–H groups in total. The highest BCUT2D eigenvalue weighted by atomic mass is 32.2. The first kappa shape index (κ1) is 86.1. The van der Waals surface area contributed by atoms with Gasteiger partial charge in [0, 0.05) is 144 Å². The van der Waals surface area contributed by atoms with Crippen molar-refractivity contribution in [2.45, 2.75) is 95.5 Å². The van der Waals surface area contributed by atoms with Gasteiger partial charge in [-0.15, -0.1) is 0 Å². The number of rotatable bonds is 15. The predicted molar refractivity (Wildman–Crippen MR) is 489 cm³/mol. The first-order valence-electron chi connectivity index (χ1n) is 42.5. The van der Waals surface area contributed by atoms with Crippen molar-refractivity contribution in [3.63, 3.8) is 0 Å². The maximum absolute atomic E-state index is 14.8. The molecule has 0 saturated heterocycles. The summed E-state index contributed by atoms with van der Waals surface area (Å²) in [5, 5.41) is 9.24. The van der Waals surface area contributed by atoms with Crippen LogP contribution in [0.2, 0.25) is 0 Å². The average molecular weight is 1800 g/mol. The highest BCUT2D eigenvalue weighted by Crippen LogP contribution is 2.38. The van der Waals surface area contributed by atoms with E-state index < -0.39 is 20.0 Å². The van der Waals surface area contributed by atoms with Crippen molar-refractivity contribution in [2.75, 3.05) is 18.5 Å². The lowest BCUT2D eigenvalue weighted by molar-refractivity contribution is 0.0757. The number of pyridine rings is 2. The van der Waals surface area contributed by atoms with E-state index in [9.17, 15) is 44.4 Å². The van der Waals surface area contributed by atoms with Gasteiger partial charge in [-0.3, -0.25) is 29.0 Å². The van der Waals surface area contributed by atoms with E-state index in [-0.39, 0.29) is 54.8 Å². The van der Waals surface area contributed by atoms with E-state index in [0.717, 1.165) is 119 Å². The summed E-state index contributed by atoms with van der Waals surface area (Å²) < 4.78 is 112. The zero-order valence-corrected chi connectivity index (χ0v) is 73.8. The molecule has 10 aromatic carbocycles. The minimum Gasteiger partial charge on any atom is -0.444 e. The predicted octanol–water partition coefficient (Wildman–Crippen LogP) is 17.4. The number of carbonyl (C=O) groups is 3. The third-order valence-electron chi connectivity index (χ3n) is 24.1. The lowest BCUT2D eigenvalue weighted by Gasteiger charge is -2.16. The highest BCUT2D eigenvalue weighted by molar-refractivity contribution is 7.89. The van der Waals surface area contributed by atoms with Gasteiger partial charge < -0.3 is 33.1 Å². The van der Waals surface area contributed by atoms with E-state index in [1.54, 1.807) is 124 Å². The van der Waals surface area contributed by atoms with Crippen molar-refractivity contribution >= 4 is 65.4 Å². The van der Waals surface area contributed by atoms with Crippen LogP contribution in [0.3, 0.4) is 0 Å². The molecule has 23 rings (SSSR count). The number of fused-ring (bicyclic) bond motifs is 8. The summed E-state index contributed by atoms with van der Waals surface area (Å²) in [6.45, 7) is 8.01. The number of aryl methyl sites for hydroxylation is 4. The summed E-state index contributed by atoms with van der Waals surface area (Å²) in [5.74, 6) is 0.309. The number of imidazole rings is 1. The normalized spacial score (nSPS) is 14.8. The molecule has 31 heteroatoms. The van der Waals surface area contributed by atoms with E-state index in [0.29, 0.717) is 112 Å². The molecule has 132 heavy (non-hydrogen) atoms. The molecule has 0 fully saturated rings. The molecule has 3 amide bonds. The topological polar surface area (TPSA) is 291 Å². The molecule has 6 aliphatic heterocycles. The minimum absolute atomic E-state index is 0.0886. The van der Waals surface area contributed by atoms with Crippen molar-refractivity contribution in [3.8, 4) is 56.2 Å². The number of anilines is 1. The summed E-state index contributed by atoms with van der Waals surface area (Å²) in [5.41, 5.74) is 22.1. The summed E-state index contributed by atoms with van der Waals surface area (Å²) in [7, 11) is -0.914. The Morgan fingerprint density at radius 2 is 0.932 bits per heavy atom. The molecule has 660 valence electrons. The van der Waals surface area contributed by atoms with Gasteiger partial charge in [-0.2, -0.15) is 18.7 Å². The number of carbonyl (C=O) groups excluding carboxylic acids is 3. The Labute approximate surface area is 757 Å². The maximum Gasteiger partial charge on any atom is 0.258 e. The third-order valence-corrected chi connectivity index (χ3v) is 27.9. The van der Waals surface area contributed by atoms with Gasteiger partial charge in [-0.1, -0.05) is 133 Å². The Bertz CT molecular complexity index is 7450. The number of hydrogen-bond donors (Lipinski definition) is 0. The SMILES string of the molecule is CN1CCc2cc(-c3ccc(CN4Cc5ncccc5C4=O)c(F)c3)ccc21.Cc1coc(-c2ccc(CN3Cc4ccccc4S3(=O)=O)cc2)n1.Cc1nc(-c2ccc(CN3Cc4ccccc4S3(=O)=O)cc2)no1.Cn1cc2cc(-c3ccc(CN4Cc5ncncc5C4=O)c(F)c3)ccc2n1.Cn1cnc2ccc(-c3ccc(CN4Cc5ncccc5C4=O)c(F)c3)cc21. The number of benzene rings is 10. The molecule has 7 aromatic heterocycles. The molecule has 0 saturated carbocycles. The van der Waals surface area contributed by atoms with Gasteiger partial charge in [0.15, 0.2) is 0 Å². The fourth-order valence-corrected chi connectivity index (χ4v) is 20.3. The molecule has 0 aliphatic carbocycles. The van der Waals surface area contributed by atoms with Crippen molar-refractivity contribution in [3.05, 3.63) is 382 Å². The van der Waals surface area contributed by atoms with Crippen LogP contribution in [0.25, 0.3) is 78.2 Å². The van der Waals surface area contributed by atoms with Crippen molar-refractivity contribution in [1.29, 1.82) is 0 Å². The third kappa shape index (κ3) is 17.7. The number of amides is 3. The number of likely N-dealkylation sites (N-methyl/N-ethyl adjacent to an activating group) is 1. The molecular formula is C101H84F3N17O9S2. The fourth-order valence-electron chi connectivity index (χ4n) is 17.1. The first-order chi connectivity index (χ1) is 63.8. The number of aromatic nitrogens is 11. The van der Waals surface area contributed by atoms with E-state index >= 15 is 0 Å². The zero-order valence-electron chi connectivity index (χ0n) is 72.2. The number of hydrogen-bond acceptors (Lipinski definition) is 19. The van der Waals surface area contributed by atoms with E-state index in [4.69, 9.17) is 8.94 Å². The molecule has 17 aromatic rings. The second kappa shape index (κ2) is 36.0. The lowest BCUT2D eigenvalue weighted by Crippen LogP contribution is -2.23. The van der Waals surface area contributed by atoms with Crippen LogP contribution in [0.15, 0.2) is 293 Å². The summed E-state index contributed by atoms with van der Waals surface area (Å²) in [6.07, 6.45) is 12.6. The molecule has 0 bridgehead atoms. The molecule has 6 aliphatic rings. The van der Waals surface area contributed by atoms with Crippen LogP contribution in [0.1, 0.15) is 104 Å². The summed E-state index contributed by atoms with van der Waals surface area (Å²) in [4.78, 5) is 74.6. The van der Waals surface area contributed by atoms with Gasteiger partial charge in [0.25, 0.3) is 17.7 Å². The summed E-state index contributed by atoms with van der Waals surface area (Å²) >= 11 is 0. The monoisotopic (exact) mass is 1800 g/mol. The van der Waals surface area contributed by atoms with Crippen molar-refractivity contribution in [1.82, 2.24) is 77.7 Å². The number of oxazole rings is 1. The second-order valence-corrected chi connectivity index (χ2v) is 36.8. The highest BCUT2D eigenvalue weighted by Gasteiger charge is 2.37. The smallest absolute Gasteiger partial charge is 0.258 e. The van der Waals surface area contributed by atoms with Gasteiger partial charge in [0.05, 0.1) is 91.8 Å². The van der Waals surface area contributed by atoms with Gasteiger partial charge in [0.1, 0.15) is 30.0 Å². The van der Waals surface area contributed by atoms with Crippen LogP contribution in [-0.4, -0.2) is 126 Å². The van der Waals surface area contributed by atoms with Crippen LogP contribution in [0.5, 0.6) is 0 Å². The van der Waals surface area contributed by atoms with E-state index in [2.05, 4.69) is 69.2 Å². The molecule has 0 radical (unpaired) electrons. The van der Waals surface area contributed by atoms with Crippen molar-refractivity contribution < 1.29 is 53.3 Å². The van der Waals surface area contributed by atoms with Crippen LogP contribution in [0.4, 0.5) is 18.9 Å². The number of nitrogens with zero attached hydrogens (tertiary/aromatic N) is 17. The van der Waals surface area contributed by atoms with Crippen LogP contribution in [0, 0.1) is 31.3 Å². The number of halogens is 3. The minimum atomic E-state index is -3.41. The summed E-state index contributed by atoms with van der Waals surface area (Å²) in [6, 6.07) is 70.1. The standard InChI is InChI=1S/C23H20FN3O.C22H17FN4O.C21H16FN5O.C18H16N2O3S.C17H15N3O3S/c1-26-10-8-17-11-15(6-7-22(17)26)16-4-5-18(20(24)12-16)13-27-14-21-19(23(27)28)3-2-9-25-21;1-26-13-25-19-7-6-15(10-21(19)26)14-4-5-16(18(23)9-14)11-27-12-20-17(22(27)28)3-2-8-24-20;1-26-9-16-6-13(4-5-19(16)25-26)14-2-3-15(18(22)7-14)10-27-11-20-17(21(27)28)8-23-12-24-20;1-13-12-23-18(19-13)15-8-6-14(7-9-15)10-20-11-16-4-2-3-5-17(16)24(20,21)22;1-12-18-17(19-23-12)14-8-6-13(7-9-14)10-20-11-15-4-2-3-5-16(15)24(20,21)22/h2-7,9,11-12H,8,10,13-14H2,1H3;2-10,13H,11-12H2,1H3;2-9,12H,10-11H2,1H3;2-9,12H,10-11H2,1H3;2-9H,10-11H2,1H3. The Hall–Kier alpha value is -15.3. The fraction of sp³-hybridized carbons (Fsp3) is 0.168. The molecular weight excluding hydrogens is 1720 g/mol. The van der Waals surface area contributed by atoms with E-state index in [1.807, 2.05) is 165 Å². The van der Waals surface area contributed by atoms with Gasteiger partial charge >= 0.3 is 0 Å². The van der Waals surface area contributed by atoms with Crippen LogP contribution >= 0.6 is 0 Å². The Kier molecular flexibility index (Phi) is 23.5. The van der Waals surface area contributed by atoms with Gasteiger partial charge in [-0.25, -0.2) is 49.9 Å². The molecule has 0 atom stereocenters. The van der Waals surface area contributed by atoms with Gasteiger partial charge in [-0.05, 0) is 178 Å². The maximum atomic E-state index is 14.8. The Morgan fingerprint density at radius 3 is 1.44 bits per heavy atom. The second-order valence-electron chi connectivity index (χ2n) is 33.0. The van der Waals surface area contributed by atoms with Crippen LogP contribution < -0.4 is 4.90 Å². The largest absolute Gasteiger partial charge is 0.444 e. The number of sulfonamides is 2. The first-order valence-corrected chi connectivity index (χ1v) is 45.4. The van der Waals surface area contributed by atoms with E-state index in [1.165, 1.54) is 44.5 Å².